The fraction of sp³-hybridized carbons (Fsp3) is 0. The lowest BCUT2D eigenvalue weighted by Gasteiger charge is -2.17. The third kappa shape index (κ3) is 4.38. The van der Waals surface area contributed by atoms with Crippen LogP contribution in [0.15, 0.2) is 206 Å². The normalized spacial score (nSPS) is 11.9. The van der Waals surface area contributed by atoms with Crippen LogP contribution in [0.25, 0.3) is 110 Å². The first-order valence-corrected chi connectivity index (χ1v) is 19.4. The molecule has 2 heterocycles. The molecule has 0 aliphatic carbocycles. The molecule has 0 unspecified atom stereocenters. The van der Waals surface area contributed by atoms with Crippen molar-refractivity contribution in [3.63, 3.8) is 0 Å². The van der Waals surface area contributed by atoms with Gasteiger partial charge in [0.25, 0.3) is 0 Å². The highest BCUT2D eigenvalue weighted by molar-refractivity contribution is 6.44. The Morgan fingerprint density at radius 3 is 1.16 bits per heavy atom. The minimum Gasteiger partial charge on any atom is -0.309 e. The summed E-state index contributed by atoms with van der Waals surface area (Å²) in [7, 11) is 0. The summed E-state index contributed by atoms with van der Waals surface area (Å²) in [5.41, 5.74) is 12.0. The predicted octanol–water partition coefficient (Wildman–Crippen LogP) is 14.7. The van der Waals surface area contributed by atoms with Crippen molar-refractivity contribution >= 4 is 75.9 Å². The highest BCUT2D eigenvalue weighted by Crippen LogP contribution is 2.50. The van der Waals surface area contributed by atoms with Crippen molar-refractivity contribution < 1.29 is 0 Å². The Morgan fingerprint density at radius 2 is 0.607 bits per heavy atom. The van der Waals surface area contributed by atoms with Gasteiger partial charge in [-0.05, 0) is 74.8 Å². The van der Waals surface area contributed by atoms with E-state index < -0.39 is 0 Å². The zero-order valence-corrected chi connectivity index (χ0v) is 30.5. The molecule has 0 spiro atoms. The number of rotatable bonds is 4. The molecule has 0 N–H and O–H groups in total. The third-order valence-electron chi connectivity index (χ3n) is 11.8. The van der Waals surface area contributed by atoms with Crippen molar-refractivity contribution in [2.45, 2.75) is 0 Å². The Balaban J connectivity index is 1.32. The molecule has 0 atom stereocenters. The van der Waals surface area contributed by atoms with Gasteiger partial charge in [0.05, 0.1) is 22.1 Å². The van der Waals surface area contributed by atoms with E-state index in [2.05, 4.69) is 215 Å². The van der Waals surface area contributed by atoms with Crippen LogP contribution in [0.4, 0.5) is 0 Å². The number of benzene rings is 10. The smallest absolute Gasteiger partial charge is 0.0632 e. The summed E-state index contributed by atoms with van der Waals surface area (Å²) in [5.74, 6) is 0. The summed E-state index contributed by atoms with van der Waals surface area (Å²) < 4.78 is 5.05. The maximum Gasteiger partial charge on any atom is 0.0632 e. The molecule has 0 aliphatic rings. The van der Waals surface area contributed by atoms with Crippen molar-refractivity contribution in [3.8, 4) is 33.6 Å². The highest BCUT2D eigenvalue weighted by Gasteiger charge is 2.25. The van der Waals surface area contributed by atoms with Crippen LogP contribution >= 0.6 is 0 Å². The first kappa shape index (κ1) is 31.0. The molecule has 2 heteroatoms. The van der Waals surface area contributed by atoms with Crippen molar-refractivity contribution in [2.24, 2.45) is 0 Å². The molecule has 0 fully saturated rings. The van der Waals surface area contributed by atoms with Crippen molar-refractivity contribution in [1.82, 2.24) is 9.13 Å². The van der Waals surface area contributed by atoms with Crippen LogP contribution in [-0.4, -0.2) is 9.13 Å². The molecular formula is C54H34N2. The van der Waals surface area contributed by atoms with E-state index in [1.165, 1.54) is 98.2 Å². The molecule has 260 valence electrons. The Morgan fingerprint density at radius 1 is 0.232 bits per heavy atom. The molecule has 10 aromatic carbocycles. The highest BCUT2D eigenvalue weighted by atomic mass is 15.0. The van der Waals surface area contributed by atoms with Crippen LogP contribution in [0, 0.1) is 0 Å². The van der Waals surface area contributed by atoms with Gasteiger partial charge in [0.2, 0.25) is 0 Å². The van der Waals surface area contributed by atoms with Gasteiger partial charge < -0.3 is 9.13 Å². The molecule has 12 rings (SSSR count). The first-order chi connectivity index (χ1) is 27.8. The summed E-state index contributed by atoms with van der Waals surface area (Å²) >= 11 is 0. The van der Waals surface area contributed by atoms with Crippen LogP contribution in [0.2, 0.25) is 0 Å². The number of hydrogen-bond donors (Lipinski definition) is 0. The van der Waals surface area contributed by atoms with Crippen LogP contribution in [0.3, 0.4) is 0 Å². The van der Waals surface area contributed by atoms with E-state index in [-0.39, 0.29) is 0 Å². The first-order valence-electron chi connectivity index (χ1n) is 19.4. The molecule has 0 saturated carbocycles. The summed E-state index contributed by atoms with van der Waals surface area (Å²) in [4.78, 5) is 0. The lowest BCUT2D eigenvalue weighted by atomic mass is 9.90. The van der Waals surface area contributed by atoms with Gasteiger partial charge in [-0.3, -0.25) is 0 Å². The molecular weight excluding hydrogens is 677 g/mol. The molecule has 0 bridgehead atoms. The molecule has 0 radical (unpaired) electrons. The van der Waals surface area contributed by atoms with E-state index in [1.54, 1.807) is 0 Å². The fourth-order valence-corrected chi connectivity index (χ4v) is 9.55. The fourth-order valence-electron chi connectivity index (χ4n) is 9.55. The Kier molecular flexibility index (Phi) is 6.66. The van der Waals surface area contributed by atoms with E-state index in [4.69, 9.17) is 0 Å². The largest absolute Gasteiger partial charge is 0.309 e. The molecule has 12 aromatic rings. The lowest BCUT2D eigenvalue weighted by Crippen LogP contribution is -1.98. The average molecular weight is 711 g/mol. The van der Waals surface area contributed by atoms with Crippen LogP contribution in [-0.2, 0) is 0 Å². The molecule has 0 aliphatic heterocycles. The van der Waals surface area contributed by atoms with Crippen LogP contribution in [0.1, 0.15) is 0 Å². The van der Waals surface area contributed by atoms with Gasteiger partial charge in [-0.25, -0.2) is 0 Å². The molecule has 0 saturated heterocycles. The van der Waals surface area contributed by atoms with E-state index in [0.717, 1.165) is 11.4 Å². The number of para-hydroxylation sites is 2. The molecule has 2 aromatic heterocycles. The zero-order chi connectivity index (χ0) is 36.7. The van der Waals surface area contributed by atoms with E-state index in [1.807, 2.05) is 0 Å². The summed E-state index contributed by atoms with van der Waals surface area (Å²) in [5, 5.41) is 12.7. The van der Waals surface area contributed by atoms with Gasteiger partial charge in [0.1, 0.15) is 0 Å². The van der Waals surface area contributed by atoms with E-state index in [9.17, 15) is 0 Å². The van der Waals surface area contributed by atoms with Gasteiger partial charge in [0.15, 0.2) is 0 Å². The quantitative estimate of drug-likeness (QED) is 0.161. The maximum atomic E-state index is 2.53. The van der Waals surface area contributed by atoms with Gasteiger partial charge >= 0.3 is 0 Å². The number of fused-ring (bicyclic) bond motifs is 15. The van der Waals surface area contributed by atoms with Crippen molar-refractivity contribution in [3.05, 3.63) is 206 Å². The number of aromatic nitrogens is 2. The van der Waals surface area contributed by atoms with Crippen LogP contribution in [0.5, 0.6) is 0 Å². The predicted molar refractivity (Wildman–Crippen MR) is 239 cm³/mol. The SMILES string of the molecule is c1ccc(-c2cccc(-n3c4ccccc4c4c5c6ccccc6c6c7ccccc7n(-c7cccc(-c8ccccc8)c7)c6c5c5ccccc5c43)c2)cc1. The van der Waals surface area contributed by atoms with Gasteiger partial charge in [-0.1, -0.05) is 170 Å². The molecule has 56 heavy (non-hydrogen) atoms. The van der Waals surface area contributed by atoms with Crippen LogP contribution < -0.4 is 0 Å². The van der Waals surface area contributed by atoms with Crippen molar-refractivity contribution in [2.75, 3.05) is 0 Å². The zero-order valence-electron chi connectivity index (χ0n) is 30.5. The lowest BCUT2D eigenvalue weighted by molar-refractivity contribution is 1.19. The second kappa shape index (κ2) is 12.0. The summed E-state index contributed by atoms with van der Waals surface area (Å²) in [6.45, 7) is 0. The monoisotopic (exact) mass is 710 g/mol. The second-order valence-corrected chi connectivity index (χ2v) is 14.8. The topological polar surface area (TPSA) is 9.86 Å². The number of nitrogens with zero attached hydrogens (tertiary/aromatic N) is 2. The maximum absolute atomic E-state index is 2.53. The second-order valence-electron chi connectivity index (χ2n) is 14.8. The van der Waals surface area contributed by atoms with Gasteiger partial charge in [-0.2, -0.15) is 0 Å². The Bertz CT molecular complexity index is 3510. The number of hydrogen-bond acceptors (Lipinski definition) is 0. The van der Waals surface area contributed by atoms with Crippen molar-refractivity contribution in [1.29, 1.82) is 0 Å². The Labute approximate surface area is 323 Å². The van der Waals surface area contributed by atoms with Gasteiger partial charge in [-0.15, -0.1) is 0 Å². The average Bonchev–Trinajstić information content (AvgIpc) is 3.81. The minimum absolute atomic E-state index is 1.15. The standard InChI is InChI=1S/C54H34N2/c1-3-17-35(18-4-1)37-21-15-23-39(33-37)55-48-32-14-12-30-46(48)52-50-42-26-8-7-25-41(42)49-45-29-11-13-31-47(45)56(40-24-16-22-38(34-40)36-19-5-2-6-20-36)54(49)51(50)43-27-9-10-28-44(43)53(52)55/h1-34H. The molecule has 2 nitrogen and oxygen atoms in total. The van der Waals surface area contributed by atoms with E-state index >= 15 is 0 Å². The van der Waals surface area contributed by atoms with Gasteiger partial charge in [0, 0.05) is 49.1 Å². The third-order valence-corrected chi connectivity index (χ3v) is 11.8. The summed E-state index contributed by atoms with van der Waals surface area (Å²) in [6.07, 6.45) is 0. The molecule has 0 amide bonds. The van der Waals surface area contributed by atoms with E-state index in [0.29, 0.717) is 0 Å². The summed E-state index contributed by atoms with van der Waals surface area (Å²) in [6, 6.07) is 75.6. The Hall–Kier alpha value is -7.42. The minimum atomic E-state index is 1.15.